The fourth-order valence-electron chi connectivity index (χ4n) is 4.68. The zero-order chi connectivity index (χ0) is 25.9. The zero-order valence-electron chi connectivity index (χ0n) is 20.8. The number of fused-ring (bicyclic) bond motifs is 4. The molecule has 5 rings (SSSR count). The summed E-state index contributed by atoms with van der Waals surface area (Å²) in [5.41, 5.74) is 3.31. The molecule has 3 aromatic carbocycles. The van der Waals surface area contributed by atoms with E-state index in [1.807, 2.05) is 36.4 Å². The average molecular weight is 497 g/mol. The number of amides is 1. The standard InChI is InChI=1S/C29H28N4O4/c1-3-33-24-12-7-5-9-20(24)22-17-19(15-16-25(22)33)30-28(35)18(2)37-27(34)14-8-13-26-31-23-11-6-4-10-21(23)29(36)32-26/h4-7,9-12,15-18H,3,8,13-14H2,1-2H3,(H,30,35)(H,31,32,36). The number of aromatic nitrogens is 3. The first-order chi connectivity index (χ1) is 17.9. The topological polar surface area (TPSA) is 106 Å². The second-order valence-electron chi connectivity index (χ2n) is 9.00. The van der Waals surface area contributed by atoms with Crippen LogP contribution in [-0.2, 0) is 27.3 Å². The lowest BCUT2D eigenvalue weighted by molar-refractivity contribution is -0.153. The molecule has 1 amide bonds. The summed E-state index contributed by atoms with van der Waals surface area (Å²) in [5.74, 6) is -0.359. The molecule has 5 aromatic rings. The van der Waals surface area contributed by atoms with Crippen molar-refractivity contribution in [3.05, 3.63) is 82.9 Å². The number of esters is 1. The number of nitrogens with zero attached hydrogens (tertiary/aromatic N) is 2. The molecule has 2 heterocycles. The molecule has 37 heavy (non-hydrogen) atoms. The maximum atomic E-state index is 12.7. The van der Waals surface area contributed by atoms with Crippen LogP contribution in [0.2, 0.25) is 0 Å². The Kier molecular flexibility index (Phi) is 6.72. The van der Waals surface area contributed by atoms with Crippen molar-refractivity contribution in [1.82, 2.24) is 14.5 Å². The maximum Gasteiger partial charge on any atom is 0.306 e. The third-order valence-corrected chi connectivity index (χ3v) is 6.49. The largest absolute Gasteiger partial charge is 0.453 e. The van der Waals surface area contributed by atoms with Gasteiger partial charge in [0.2, 0.25) is 0 Å². The molecule has 0 spiro atoms. The number of carbonyl (C=O) groups excluding carboxylic acids is 2. The molecule has 0 saturated carbocycles. The Bertz CT molecular complexity index is 1680. The van der Waals surface area contributed by atoms with Crippen molar-refractivity contribution in [3.8, 4) is 0 Å². The van der Waals surface area contributed by atoms with Gasteiger partial charge in [-0.2, -0.15) is 0 Å². The van der Waals surface area contributed by atoms with Gasteiger partial charge in [0.25, 0.3) is 11.5 Å². The summed E-state index contributed by atoms with van der Waals surface area (Å²) in [4.78, 5) is 44.4. The van der Waals surface area contributed by atoms with Crippen LogP contribution >= 0.6 is 0 Å². The number of aromatic amines is 1. The maximum absolute atomic E-state index is 12.7. The van der Waals surface area contributed by atoms with E-state index in [2.05, 4.69) is 38.9 Å². The lowest BCUT2D eigenvalue weighted by Crippen LogP contribution is -2.30. The van der Waals surface area contributed by atoms with Gasteiger partial charge in [-0.3, -0.25) is 14.4 Å². The smallest absolute Gasteiger partial charge is 0.306 e. The molecule has 1 atom stereocenters. The highest BCUT2D eigenvalue weighted by atomic mass is 16.5. The minimum absolute atomic E-state index is 0.108. The van der Waals surface area contributed by atoms with Crippen LogP contribution < -0.4 is 10.9 Å². The highest BCUT2D eigenvalue weighted by Gasteiger charge is 2.19. The zero-order valence-corrected chi connectivity index (χ0v) is 20.8. The lowest BCUT2D eigenvalue weighted by Gasteiger charge is -2.14. The van der Waals surface area contributed by atoms with Gasteiger partial charge in [-0.1, -0.05) is 30.3 Å². The van der Waals surface area contributed by atoms with Crippen molar-refractivity contribution < 1.29 is 14.3 Å². The summed E-state index contributed by atoms with van der Waals surface area (Å²) in [7, 11) is 0. The van der Waals surface area contributed by atoms with E-state index in [0.717, 1.165) is 28.4 Å². The van der Waals surface area contributed by atoms with E-state index in [1.165, 1.54) is 0 Å². The number of H-pyrrole nitrogens is 1. The van der Waals surface area contributed by atoms with Gasteiger partial charge < -0.3 is 19.6 Å². The van der Waals surface area contributed by atoms with E-state index in [9.17, 15) is 14.4 Å². The predicted octanol–water partition coefficient (Wildman–Crippen LogP) is 4.94. The van der Waals surface area contributed by atoms with Crippen molar-refractivity contribution in [1.29, 1.82) is 0 Å². The number of benzene rings is 3. The summed E-state index contributed by atoms with van der Waals surface area (Å²) in [6.07, 6.45) is 0.0171. The molecular formula is C29H28N4O4. The molecule has 0 aliphatic carbocycles. The number of hydrogen-bond donors (Lipinski definition) is 2. The van der Waals surface area contributed by atoms with Gasteiger partial charge in [0, 0.05) is 46.9 Å². The second-order valence-corrected chi connectivity index (χ2v) is 9.00. The van der Waals surface area contributed by atoms with Crippen molar-refractivity contribution in [2.24, 2.45) is 0 Å². The van der Waals surface area contributed by atoms with E-state index < -0.39 is 18.0 Å². The summed E-state index contributed by atoms with van der Waals surface area (Å²) in [5, 5.41) is 5.57. The molecule has 8 heteroatoms. The summed E-state index contributed by atoms with van der Waals surface area (Å²) >= 11 is 0. The first-order valence-corrected chi connectivity index (χ1v) is 12.4. The molecule has 0 fully saturated rings. The minimum atomic E-state index is -0.946. The Morgan fingerprint density at radius 2 is 1.73 bits per heavy atom. The van der Waals surface area contributed by atoms with Crippen molar-refractivity contribution in [3.63, 3.8) is 0 Å². The van der Waals surface area contributed by atoms with E-state index in [1.54, 1.807) is 25.1 Å². The third-order valence-electron chi connectivity index (χ3n) is 6.49. The van der Waals surface area contributed by atoms with Gasteiger partial charge in [-0.25, -0.2) is 4.98 Å². The number of anilines is 1. The van der Waals surface area contributed by atoms with Crippen molar-refractivity contribution in [2.45, 2.75) is 45.8 Å². The Hall–Kier alpha value is -4.46. The minimum Gasteiger partial charge on any atom is -0.453 e. The van der Waals surface area contributed by atoms with E-state index in [-0.39, 0.29) is 12.0 Å². The molecule has 188 valence electrons. The number of carbonyl (C=O) groups is 2. The molecule has 0 radical (unpaired) electrons. The fraction of sp³-hybridized carbons (Fsp3) is 0.241. The number of hydrogen-bond acceptors (Lipinski definition) is 5. The Labute approximate surface area is 213 Å². The molecule has 2 aromatic heterocycles. The molecule has 0 aliphatic heterocycles. The number of nitrogens with one attached hydrogen (secondary N) is 2. The van der Waals surface area contributed by atoms with Crippen LogP contribution in [0.3, 0.4) is 0 Å². The quantitative estimate of drug-likeness (QED) is 0.296. The molecule has 8 nitrogen and oxygen atoms in total. The lowest BCUT2D eigenvalue weighted by atomic mass is 10.1. The van der Waals surface area contributed by atoms with Gasteiger partial charge in [0.05, 0.1) is 10.9 Å². The van der Waals surface area contributed by atoms with E-state index in [0.29, 0.717) is 35.3 Å². The first kappa shape index (κ1) is 24.2. The number of aryl methyl sites for hydroxylation is 2. The van der Waals surface area contributed by atoms with Crippen LogP contribution in [0.15, 0.2) is 71.5 Å². The van der Waals surface area contributed by atoms with Crippen LogP contribution in [-0.4, -0.2) is 32.5 Å². The average Bonchev–Trinajstić information content (AvgIpc) is 3.21. The molecule has 0 bridgehead atoms. The monoisotopic (exact) mass is 496 g/mol. The van der Waals surface area contributed by atoms with Crippen molar-refractivity contribution >= 4 is 50.3 Å². The number of rotatable bonds is 8. The molecule has 2 N–H and O–H groups in total. The number of ether oxygens (including phenoxy) is 1. The molecule has 0 saturated heterocycles. The highest BCUT2D eigenvalue weighted by molar-refractivity contribution is 6.10. The molecule has 0 aliphatic rings. The van der Waals surface area contributed by atoms with Crippen LogP contribution in [0.25, 0.3) is 32.7 Å². The summed E-state index contributed by atoms with van der Waals surface area (Å²) in [6, 6.07) is 21.1. The Morgan fingerprint density at radius 1 is 1.00 bits per heavy atom. The van der Waals surface area contributed by atoms with Gasteiger partial charge in [-0.15, -0.1) is 0 Å². The van der Waals surface area contributed by atoms with Gasteiger partial charge >= 0.3 is 5.97 Å². The fourth-order valence-corrected chi connectivity index (χ4v) is 4.68. The van der Waals surface area contributed by atoms with Crippen LogP contribution in [0.5, 0.6) is 0 Å². The Morgan fingerprint density at radius 3 is 2.54 bits per heavy atom. The van der Waals surface area contributed by atoms with Gasteiger partial charge in [0.15, 0.2) is 6.10 Å². The van der Waals surface area contributed by atoms with Gasteiger partial charge in [0.1, 0.15) is 5.82 Å². The van der Waals surface area contributed by atoms with E-state index >= 15 is 0 Å². The predicted molar refractivity (Wildman–Crippen MR) is 145 cm³/mol. The normalized spacial score (nSPS) is 12.2. The van der Waals surface area contributed by atoms with Crippen molar-refractivity contribution in [2.75, 3.05) is 5.32 Å². The molecule has 1 unspecified atom stereocenters. The summed E-state index contributed by atoms with van der Waals surface area (Å²) in [6.45, 7) is 4.50. The Balaban J connectivity index is 1.18. The highest BCUT2D eigenvalue weighted by Crippen LogP contribution is 2.31. The van der Waals surface area contributed by atoms with Crippen LogP contribution in [0, 0.1) is 0 Å². The van der Waals surface area contributed by atoms with E-state index in [4.69, 9.17) is 4.74 Å². The molecular weight excluding hydrogens is 468 g/mol. The SMILES string of the molecule is CCn1c2ccccc2c2cc(NC(=O)C(C)OC(=O)CCCc3nc4ccccc4c(=O)[nH]3)ccc21. The first-order valence-electron chi connectivity index (χ1n) is 12.4. The van der Waals surface area contributed by atoms with Crippen LogP contribution in [0.1, 0.15) is 32.5 Å². The third kappa shape index (κ3) is 4.95. The second kappa shape index (κ2) is 10.3. The number of para-hydroxylation sites is 2. The van der Waals surface area contributed by atoms with Gasteiger partial charge in [-0.05, 0) is 56.7 Å². The van der Waals surface area contributed by atoms with Crippen LogP contribution in [0.4, 0.5) is 5.69 Å². The summed E-state index contributed by atoms with van der Waals surface area (Å²) < 4.78 is 7.59.